The van der Waals surface area contributed by atoms with Gasteiger partial charge in [0.25, 0.3) is 0 Å². The molecular weight excluding hydrogens is 305 g/mol. The van der Waals surface area contributed by atoms with E-state index in [9.17, 15) is 13.2 Å². The summed E-state index contributed by atoms with van der Waals surface area (Å²) in [5.74, 6) is 0.265. The fourth-order valence-electron chi connectivity index (χ4n) is 1.49. The zero-order chi connectivity index (χ0) is 14.6. The molecule has 0 radical (unpaired) electrons. The van der Waals surface area contributed by atoms with E-state index in [1.807, 2.05) is 24.4 Å². The predicted octanol–water partition coefficient (Wildman–Crippen LogP) is 5.14. The van der Waals surface area contributed by atoms with Crippen LogP contribution in [0.4, 0.5) is 19.0 Å². The molecule has 0 spiro atoms. The highest BCUT2D eigenvalue weighted by Crippen LogP contribution is 2.36. The Morgan fingerprint density at radius 2 is 2.15 bits per heavy atom. The maximum atomic E-state index is 12.9. The first kappa shape index (κ1) is 15.2. The topological polar surface area (TPSA) is 24.9 Å². The van der Waals surface area contributed by atoms with Crippen molar-refractivity contribution in [3.05, 3.63) is 35.2 Å². The lowest BCUT2D eigenvalue weighted by Gasteiger charge is -2.11. The molecule has 108 valence electrons. The minimum atomic E-state index is -4.36. The summed E-state index contributed by atoms with van der Waals surface area (Å²) in [6, 6.07) is 5.85. The van der Waals surface area contributed by atoms with Gasteiger partial charge in [-0.25, -0.2) is 4.98 Å². The van der Waals surface area contributed by atoms with Crippen molar-refractivity contribution in [2.75, 3.05) is 11.9 Å². The van der Waals surface area contributed by atoms with Crippen LogP contribution in [0.1, 0.15) is 18.9 Å². The lowest BCUT2D eigenvalue weighted by molar-refractivity contribution is -0.137. The van der Waals surface area contributed by atoms with Crippen LogP contribution in [0.25, 0.3) is 0 Å². The van der Waals surface area contributed by atoms with Crippen LogP contribution in [0, 0.1) is 0 Å². The van der Waals surface area contributed by atoms with Crippen LogP contribution in [-0.2, 0) is 6.18 Å². The molecule has 0 amide bonds. The maximum absolute atomic E-state index is 12.9. The Bertz CT molecular complexity index is 553. The number of hydrogen-bond donors (Lipinski definition) is 1. The number of thiophene rings is 1. The molecule has 2 heterocycles. The molecule has 7 heteroatoms. The third-order valence-corrected chi connectivity index (χ3v) is 4.34. The van der Waals surface area contributed by atoms with Gasteiger partial charge in [0, 0.05) is 6.54 Å². The monoisotopic (exact) mass is 318 g/mol. The van der Waals surface area contributed by atoms with E-state index >= 15 is 0 Å². The minimum absolute atomic E-state index is 0.265. The summed E-state index contributed by atoms with van der Waals surface area (Å²) in [5.41, 5.74) is -0.676. The lowest BCUT2D eigenvalue weighted by Crippen LogP contribution is -2.09. The van der Waals surface area contributed by atoms with E-state index < -0.39 is 11.7 Å². The molecular formula is C13H13F3N2S2. The molecule has 0 aliphatic rings. The first-order chi connectivity index (χ1) is 9.49. The van der Waals surface area contributed by atoms with Gasteiger partial charge in [-0.1, -0.05) is 24.8 Å². The Labute approximate surface area is 123 Å². The highest BCUT2D eigenvalue weighted by molar-refractivity contribution is 8.01. The van der Waals surface area contributed by atoms with Crippen LogP contribution in [0.5, 0.6) is 0 Å². The molecule has 0 saturated carbocycles. The highest BCUT2D eigenvalue weighted by atomic mass is 32.2. The number of halogens is 3. The number of nitrogens with zero attached hydrogens (tertiary/aromatic N) is 1. The molecule has 0 aromatic carbocycles. The number of anilines is 1. The van der Waals surface area contributed by atoms with Crippen molar-refractivity contribution in [1.29, 1.82) is 0 Å². The third kappa shape index (κ3) is 4.14. The second kappa shape index (κ2) is 6.49. The fourth-order valence-corrected chi connectivity index (χ4v) is 3.24. The molecule has 0 aliphatic carbocycles. The minimum Gasteiger partial charge on any atom is -0.370 e. The molecule has 2 aromatic heterocycles. The van der Waals surface area contributed by atoms with Gasteiger partial charge in [-0.15, -0.1) is 11.3 Å². The van der Waals surface area contributed by atoms with E-state index in [2.05, 4.69) is 10.3 Å². The van der Waals surface area contributed by atoms with Crippen molar-refractivity contribution >= 4 is 28.9 Å². The van der Waals surface area contributed by atoms with Crippen molar-refractivity contribution in [2.24, 2.45) is 0 Å². The normalized spacial score (nSPS) is 11.6. The maximum Gasteiger partial charge on any atom is 0.416 e. The Morgan fingerprint density at radius 1 is 1.35 bits per heavy atom. The molecule has 1 N–H and O–H groups in total. The fraction of sp³-hybridized carbons (Fsp3) is 0.308. The summed E-state index contributed by atoms with van der Waals surface area (Å²) in [5, 5.41) is 5.13. The number of hydrogen-bond acceptors (Lipinski definition) is 4. The Kier molecular flexibility index (Phi) is 4.93. The zero-order valence-electron chi connectivity index (χ0n) is 10.7. The van der Waals surface area contributed by atoms with E-state index in [4.69, 9.17) is 0 Å². The van der Waals surface area contributed by atoms with Gasteiger partial charge in [0.1, 0.15) is 10.8 Å². The smallest absolute Gasteiger partial charge is 0.370 e. The molecule has 2 nitrogen and oxygen atoms in total. The second-order valence-corrected chi connectivity index (χ2v) is 6.31. The molecule has 0 bridgehead atoms. The van der Waals surface area contributed by atoms with Gasteiger partial charge >= 0.3 is 6.18 Å². The average molecular weight is 318 g/mol. The van der Waals surface area contributed by atoms with Gasteiger partial charge in [0.15, 0.2) is 0 Å². The standard InChI is InChI=1S/C13H13F3N2S2/c1-2-5-17-10-7-9(13(14,15)16)8-11(18-10)20-12-4-3-6-19-12/h3-4,6-8H,2,5H2,1H3,(H,17,18). The quantitative estimate of drug-likeness (QED) is 0.826. The molecule has 0 saturated heterocycles. The molecule has 0 aliphatic heterocycles. The van der Waals surface area contributed by atoms with E-state index in [0.717, 1.165) is 22.8 Å². The molecule has 2 aromatic rings. The molecule has 2 rings (SSSR count). The van der Waals surface area contributed by atoms with Crippen LogP contribution in [0.15, 0.2) is 38.9 Å². The van der Waals surface area contributed by atoms with Crippen LogP contribution in [0.2, 0.25) is 0 Å². The summed E-state index contributed by atoms with van der Waals surface area (Å²) in [6.07, 6.45) is -3.54. The summed E-state index contributed by atoms with van der Waals surface area (Å²) in [7, 11) is 0. The van der Waals surface area contributed by atoms with E-state index in [-0.39, 0.29) is 5.82 Å². The van der Waals surface area contributed by atoms with Gasteiger partial charge < -0.3 is 5.32 Å². The molecule has 20 heavy (non-hydrogen) atoms. The number of aromatic nitrogens is 1. The van der Waals surface area contributed by atoms with Gasteiger partial charge in [-0.2, -0.15) is 13.2 Å². The predicted molar refractivity (Wildman–Crippen MR) is 76.5 cm³/mol. The largest absolute Gasteiger partial charge is 0.416 e. The van der Waals surface area contributed by atoms with Crippen molar-refractivity contribution in [2.45, 2.75) is 28.8 Å². The Balaban J connectivity index is 2.29. The summed E-state index contributed by atoms with van der Waals surface area (Å²) in [4.78, 5) is 4.22. The molecule has 0 unspecified atom stereocenters. The number of nitrogens with one attached hydrogen (secondary N) is 1. The van der Waals surface area contributed by atoms with Gasteiger partial charge in [0.2, 0.25) is 0 Å². The van der Waals surface area contributed by atoms with Crippen LogP contribution >= 0.6 is 23.1 Å². The summed E-state index contributed by atoms with van der Waals surface area (Å²) >= 11 is 2.72. The highest BCUT2D eigenvalue weighted by Gasteiger charge is 2.31. The van der Waals surface area contributed by atoms with Crippen molar-refractivity contribution in [3.63, 3.8) is 0 Å². The SMILES string of the molecule is CCCNc1cc(C(F)(F)F)cc(Sc2cccs2)n1. The zero-order valence-corrected chi connectivity index (χ0v) is 12.3. The Hall–Kier alpha value is -1.21. The molecule has 0 atom stereocenters. The van der Waals surface area contributed by atoms with Crippen molar-refractivity contribution < 1.29 is 13.2 Å². The second-order valence-electron chi connectivity index (χ2n) is 4.04. The van der Waals surface area contributed by atoms with E-state index in [0.29, 0.717) is 11.6 Å². The van der Waals surface area contributed by atoms with Gasteiger partial charge in [-0.05, 0) is 30.0 Å². The van der Waals surface area contributed by atoms with Crippen LogP contribution in [0.3, 0.4) is 0 Å². The van der Waals surface area contributed by atoms with Crippen LogP contribution < -0.4 is 5.32 Å². The first-order valence-electron chi connectivity index (χ1n) is 6.03. The number of pyridine rings is 1. The van der Waals surface area contributed by atoms with Gasteiger partial charge in [-0.3, -0.25) is 0 Å². The Morgan fingerprint density at radius 3 is 2.75 bits per heavy atom. The van der Waals surface area contributed by atoms with Gasteiger partial charge in [0.05, 0.1) is 9.77 Å². The lowest BCUT2D eigenvalue weighted by atomic mass is 10.2. The van der Waals surface area contributed by atoms with E-state index in [1.165, 1.54) is 23.1 Å². The number of rotatable bonds is 5. The van der Waals surface area contributed by atoms with E-state index in [1.54, 1.807) is 0 Å². The van der Waals surface area contributed by atoms with Crippen molar-refractivity contribution in [1.82, 2.24) is 4.98 Å². The summed E-state index contributed by atoms with van der Waals surface area (Å²) in [6.45, 7) is 2.54. The summed E-state index contributed by atoms with van der Waals surface area (Å²) < 4.78 is 39.6. The molecule has 0 fully saturated rings. The first-order valence-corrected chi connectivity index (χ1v) is 7.73. The van der Waals surface area contributed by atoms with Crippen LogP contribution in [-0.4, -0.2) is 11.5 Å². The number of alkyl halides is 3. The average Bonchev–Trinajstić information content (AvgIpc) is 2.88. The third-order valence-electron chi connectivity index (χ3n) is 2.39. The van der Waals surface area contributed by atoms with Crippen molar-refractivity contribution in [3.8, 4) is 0 Å².